The van der Waals surface area contributed by atoms with Crippen molar-refractivity contribution in [1.29, 1.82) is 0 Å². The van der Waals surface area contributed by atoms with Crippen LogP contribution in [0.4, 0.5) is 5.69 Å². The molecule has 0 spiro atoms. The number of quaternary nitrogens is 1. The van der Waals surface area contributed by atoms with Gasteiger partial charge in [-0.25, -0.2) is 9.38 Å². The molecule has 4 heterocycles. The molecule has 0 saturated heterocycles. The van der Waals surface area contributed by atoms with E-state index in [4.69, 9.17) is 9.72 Å². The van der Waals surface area contributed by atoms with Crippen LogP contribution in [0.1, 0.15) is 10.4 Å². The average molecular weight is 488 g/mol. The molecule has 2 N–H and O–H groups in total. The third-order valence-corrected chi connectivity index (χ3v) is 8.17. The molecule has 1 aliphatic heterocycles. The smallest absolute Gasteiger partial charge is 0.234 e. The molecule has 0 bridgehead atoms. The van der Waals surface area contributed by atoms with Gasteiger partial charge in [-0.3, -0.25) is 4.79 Å². The maximum absolute atomic E-state index is 12.6. The van der Waals surface area contributed by atoms with Crippen molar-refractivity contribution in [2.24, 2.45) is 0 Å². The Kier molecular flexibility index (Phi) is 5.97. The lowest BCUT2D eigenvalue weighted by atomic mass is 10.1. The fourth-order valence-corrected chi connectivity index (χ4v) is 6.67. The second-order valence-electron chi connectivity index (χ2n) is 7.60. The summed E-state index contributed by atoms with van der Waals surface area (Å²) in [5.74, 6) is 0.709. The van der Waals surface area contributed by atoms with E-state index in [1.54, 1.807) is 30.2 Å². The molecule has 4 aromatic rings. The van der Waals surface area contributed by atoms with Gasteiger partial charge in [-0.05, 0) is 24.0 Å². The third-order valence-electron chi connectivity index (χ3n) is 5.48. The number of anilines is 1. The van der Waals surface area contributed by atoms with E-state index in [9.17, 15) is 4.79 Å². The Morgan fingerprint density at radius 2 is 2.16 bits per heavy atom. The highest BCUT2D eigenvalue weighted by molar-refractivity contribution is 8.00. The summed E-state index contributed by atoms with van der Waals surface area (Å²) in [6.45, 7) is 2.13. The topological polar surface area (TPSA) is 85.8 Å². The van der Waals surface area contributed by atoms with Gasteiger partial charge in [0.25, 0.3) is 0 Å². The molecule has 0 fully saturated rings. The summed E-state index contributed by atoms with van der Waals surface area (Å²) >= 11 is 4.69. The standard InChI is InChI=1S/C21H22N6O2S3/c1-26-9-8-12-15(10-26)32-19-17(12)18-24-25-21(27(18)20(23-19)30-3)31-11-16(28)22-13-6-4-5-7-14(13)29-2/h4-7H,8-11H2,1-3H3,(H,22,28)/p+1. The van der Waals surface area contributed by atoms with E-state index in [0.717, 1.165) is 40.5 Å². The molecule has 1 unspecified atom stereocenters. The summed E-state index contributed by atoms with van der Waals surface area (Å²) in [6.07, 6.45) is 3.02. The van der Waals surface area contributed by atoms with Crippen molar-refractivity contribution in [2.75, 3.05) is 38.0 Å². The molecule has 11 heteroatoms. The SMILES string of the molecule is COc1ccccc1NC(=O)CSc1nnc2c3c4c(sc3nc(SC)n12)C[NH+](C)CC4. The first-order valence-electron chi connectivity index (χ1n) is 10.2. The lowest BCUT2D eigenvalue weighted by Crippen LogP contribution is -3.08. The number of hydrogen-bond acceptors (Lipinski definition) is 8. The van der Waals surface area contributed by atoms with Crippen LogP contribution in [0.3, 0.4) is 0 Å². The maximum atomic E-state index is 12.6. The zero-order chi connectivity index (χ0) is 22.2. The van der Waals surface area contributed by atoms with E-state index in [-0.39, 0.29) is 11.7 Å². The molecule has 0 saturated carbocycles. The number of nitrogens with zero attached hydrogens (tertiary/aromatic N) is 4. The van der Waals surface area contributed by atoms with Crippen molar-refractivity contribution in [3.05, 3.63) is 34.7 Å². The Hall–Kier alpha value is -2.34. The highest BCUT2D eigenvalue weighted by atomic mass is 32.2. The van der Waals surface area contributed by atoms with Crippen molar-refractivity contribution in [2.45, 2.75) is 23.3 Å². The van der Waals surface area contributed by atoms with E-state index in [2.05, 4.69) is 22.6 Å². The first-order valence-corrected chi connectivity index (χ1v) is 13.2. The highest BCUT2D eigenvalue weighted by Crippen LogP contribution is 2.36. The van der Waals surface area contributed by atoms with Crippen molar-refractivity contribution < 1.29 is 14.4 Å². The average Bonchev–Trinajstić information content (AvgIpc) is 3.38. The lowest BCUT2D eigenvalue weighted by molar-refractivity contribution is -0.895. The number of thioether (sulfide) groups is 2. The number of methoxy groups -OCH3 is 1. The number of para-hydroxylation sites is 2. The van der Waals surface area contributed by atoms with Gasteiger partial charge in [0.05, 0.1) is 42.4 Å². The monoisotopic (exact) mass is 487 g/mol. The number of rotatable bonds is 6. The number of amides is 1. The van der Waals surface area contributed by atoms with Crippen LogP contribution in [0.5, 0.6) is 5.75 Å². The van der Waals surface area contributed by atoms with Crippen LogP contribution < -0.4 is 15.0 Å². The van der Waals surface area contributed by atoms with Crippen LogP contribution in [0.25, 0.3) is 15.9 Å². The van der Waals surface area contributed by atoms with Crippen molar-refractivity contribution in [3.63, 3.8) is 0 Å². The van der Waals surface area contributed by atoms with E-state index < -0.39 is 0 Å². The van der Waals surface area contributed by atoms with Crippen molar-refractivity contribution >= 4 is 62.3 Å². The molecular formula is C21H23N6O2S3+. The van der Waals surface area contributed by atoms with Crippen LogP contribution in [0.2, 0.25) is 0 Å². The lowest BCUT2D eigenvalue weighted by Gasteiger charge is -2.19. The molecule has 1 atom stereocenters. The van der Waals surface area contributed by atoms with Gasteiger partial charge < -0.3 is 15.0 Å². The van der Waals surface area contributed by atoms with Crippen LogP contribution in [0, 0.1) is 0 Å². The number of aromatic nitrogens is 4. The summed E-state index contributed by atoms with van der Waals surface area (Å²) in [4.78, 5) is 21.5. The Morgan fingerprint density at radius 1 is 1.31 bits per heavy atom. The summed E-state index contributed by atoms with van der Waals surface area (Å²) in [5, 5.41) is 14.5. The van der Waals surface area contributed by atoms with Crippen LogP contribution >= 0.6 is 34.9 Å². The third kappa shape index (κ3) is 3.83. The molecule has 1 aliphatic rings. The first-order chi connectivity index (χ1) is 15.6. The number of benzene rings is 1. The summed E-state index contributed by atoms with van der Waals surface area (Å²) in [6, 6.07) is 7.36. The van der Waals surface area contributed by atoms with Gasteiger partial charge in [0, 0.05) is 6.42 Å². The first kappa shape index (κ1) is 21.5. The van der Waals surface area contributed by atoms with Gasteiger partial charge in [0.2, 0.25) is 5.91 Å². The number of hydrogen-bond donors (Lipinski definition) is 2. The zero-order valence-corrected chi connectivity index (χ0v) is 20.4. The van der Waals surface area contributed by atoms with E-state index in [1.165, 1.54) is 27.1 Å². The maximum Gasteiger partial charge on any atom is 0.234 e. The van der Waals surface area contributed by atoms with Crippen LogP contribution in [-0.4, -0.2) is 58.2 Å². The predicted octanol–water partition coefficient (Wildman–Crippen LogP) is 2.37. The van der Waals surface area contributed by atoms with Gasteiger partial charge in [0.15, 0.2) is 16.0 Å². The number of ether oxygens (including phenoxy) is 1. The largest absolute Gasteiger partial charge is 0.495 e. The summed E-state index contributed by atoms with van der Waals surface area (Å²) in [7, 11) is 3.81. The second-order valence-corrected chi connectivity index (χ2v) is 10.4. The molecule has 5 rings (SSSR count). The van der Waals surface area contributed by atoms with Gasteiger partial charge in [-0.15, -0.1) is 21.5 Å². The van der Waals surface area contributed by atoms with Crippen molar-refractivity contribution in [1.82, 2.24) is 19.6 Å². The molecule has 8 nitrogen and oxygen atoms in total. The number of carbonyl (C=O) groups excluding carboxylic acids is 1. The molecule has 1 amide bonds. The van der Waals surface area contributed by atoms with Gasteiger partial charge in [-0.2, -0.15) is 0 Å². The Balaban J connectivity index is 1.45. The number of nitrogens with one attached hydrogen (secondary N) is 2. The Bertz CT molecular complexity index is 1320. The van der Waals surface area contributed by atoms with Gasteiger partial charge in [0.1, 0.15) is 17.1 Å². The molecule has 0 aliphatic carbocycles. The Labute approximate surface area is 197 Å². The molecule has 3 aromatic heterocycles. The molecular weight excluding hydrogens is 464 g/mol. The number of thiophene rings is 1. The van der Waals surface area contributed by atoms with Crippen molar-refractivity contribution in [3.8, 4) is 5.75 Å². The Morgan fingerprint density at radius 3 is 2.97 bits per heavy atom. The second kappa shape index (κ2) is 8.89. The molecule has 166 valence electrons. The van der Waals surface area contributed by atoms with E-state index in [1.807, 2.05) is 34.9 Å². The van der Waals surface area contributed by atoms with Gasteiger partial charge >= 0.3 is 0 Å². The zero-order valence-electron chi connectivity index (χ0n) is 18.0. The van der Waals surface area contributed by atoms with Gasteiger partial charge in [-0.1, -0.05) is 35.7 Å². The minimum Gasteiger partial charge on any atom is -0.495 e. The summed E-state index contributed by atoms with van der Waals surface area (Å²) < 4.78 is 7.30. The number of carbonyl (C=O) groups is 1. The minimum atomic E-state index is -0.130. The fraction of sp³-hybridized carbons (Fsp3) is 0.333. The van der Waals surface area contributed by atoms with E-state index in [0.29, 0.717) is 16.6 Å². The molecule has 32 heavy (non-hydrogen) atoms. The van der Waals surface area contributed by atoms with Crippen LogP contribution in [-0.2, 0) is 17.8 Å². The number of fused-ring (bicyclic) bond motifs is 5. The minimum absolute atomic E-state index is 0.130. The predicted molar refractivity (Wildman–Crippen MR) is 129 cm³/mol. The molecule has 0 radical (unpaired) electrons. The quantitative estimate of drug-likeness (QED) is 0.319. The van der Waals surface area contributed by atoms with Crippen LogP contribution in [0.15, 0.2) is 34.6 Å². The molecule has 1 aromatic carbocycles. The normalized spacial score (nSPS) is 15.8. The van der Waals surface area contributed by atoms with E-state index >= 15 is 0 Å². The summed E-state index contributed by atoms with van der Waals surface area (Å²) in [5.41, 5.74) is 2.85. The highest BCUT2D eigenvalue weighted by Gasteiger charge is 2.26. The fourth-order valence-electron chi connectivity index (χ4n) is 3.95. The number of likely N-dealkylation sites (N-methyl/N-ethyl adjacent to an activating group) is 1.